The molecule has 1 amide bonds. The summed E-state index contributed by atoms with van der Waals surface area (Å²) in [7, 11) is 1.81. The van der Waals surface area contributed by atoms with E-state index < -0.39 is 0 Å². The summed E-state index contributed by atoms with van der Waals surface area (Å²) in [5.41, 5.74) is 1.95. The number of anilines is 2. The van der Waals surface area contributed by atoms with Crippen LogP contribution >= 0.6 is 15.9 Å². The predicted molar refractivity (Wildman–Crippen MR) is 60.7 cm³/mol. The van der Waals surface area contributed by atoms with Crippen LogP contribution in [0.3, 0.4) is 0 Å². The number of carbonyl (C=O) groups is 1. The van der Waals surface area contributed by atoms with Crippen molar-refractivity contribution in [3.05, 3.63) is 22.7 Å². The third-order valence-corrected chi connectivity index (χ3v) is 2.84. The van der Waals surface area contributed by atoms with E-state index in [1.807, 2.05) is 18.2 Å². The van der Waals surface area contributed by atoms with Crippen molar-refractivity contribution in [1.82, 2.24) is 0 Å². The van der Waals surface area contributed by atoms with Gasteiger partial charge in [0, 0.05) is 24.5 Å². The molecule has 0 saturated heterocycles. The van der Waals surface area contributed by atoms with Gasteiger partial charge in [-0.15, -0.1) is 0 Å². The highest BCUT2D eigenvalue weighted by Crippen LogP contribution is 2.30. The lowest BCUT2D eigenvalue weighted by Gasteiger charge is -2.17. The zero-order valence-corrected chi connectivity index (χ0v) is 9.47. The Balaban J connectivity index is 2.49. The lowest BCUT2D eigenvalue weighted by atomic mass is 10.2. The van der Waals surface area contributed by atoms with Crippen LogP contribution in [0, 0.1) is 0 Å². The highest BCUT2D eigenvalue weighted by atomic mass is 79.9. The van der Waals surface area contributed by atoms with Crippen LogP contribution in [0.1, 0.15) is 6.42 Å². The molecule has 0 aromatic heterocycles. The molecule has 1 aliphatic heterocycles. The molecule has 1 heterocycles. The van der Waals surface area contributed by atoms with Gasteiger partial charge < -0.3 is 10.2 Å². The van der Waals surface area contributed by atoms with Crippen LogP contribution in [0.4, 0.5) is 11.4 Å². The van der Waals surface area contributed by atoms with E-state index in [1.165, 1.54) is 0 Å². The summed E-state index contributed by atoms with van der Waals surface area (Å²) in [6.07, 6.45) is 0.544. The van der Waals surface area contributed by atoms with E-state index in [9.17, 15) is 4.79 Å². The first-order valence-electron chi connectivity index (χ1n) is 4.48. The summed E-state index contributed by atoms with van der Waals surface area (Å²) in [5, 5.41) is 3.23. The Morgan fingerprint density at radius 2 is 2.29 bits per heavy atom. The maximum atomic E-state index is 11.6. The first-order chi connectivity index (χ1) is 6.68. The van der Waals surface area contributed by atoms with Gasteiger partial charge in [-0.2, -0.15) is 0 Å². The Morgan fingerprint density at radius 1 is 1.50 bits per heavy atom. The molecule has 4 heteroatoms. The Labute approximate surface area is 91.2 Å². The van der Waals surface area contributed by atoms with E-state index in [0.717, 1.165) is 15.8 Å². The summed E-state index contributed by atoms with van der Waals surface area (Å²) < 4.78 is 0.986. The van der Waals surface area contributed by atoms with Gasteiger partial charge >= 0.3 is 0 Å². The largest absolute Gasteiger partial charge is 0.383 e. The predicted octanol–water partition coefficient (Wildman–Crippen LogP) is 2.23. The second-order valence-electron chi connectivity index (χ2n) is 3.29. The minimum absolute atomic E-state index is 0.148. The van der Waals surface area contributed by atoms with Crippen molar-refractivity contribution in [3.63, 3.8) is 0 Å². The highest BCUT2D eigenvalue weighted by molar-refractivity contribution is 9.10. The minimum atomic E-state index is 0.148. The molecule has 0 unspecified atom stereocenters. The SMILES string of the molecule is CN1C(=O)CCNc2ccc(Br)cc21. The zero-order valence-electron chi connectivity index (χ0n) is 7.88. The van der Waals surface area contributed by atoms with E-state index >= 15 is 0 Å². The molecule has 0 bridgehead atoms. The third-order valence-electron chi connectivity index (χ3n) is 2.35. The summed E-state index contributed by atoms with van der Waals surface area (Å²) >= 11 is 3.40. The van der Waals surface area contributed by atoms with Crippen LogP contribution in [0.2, 0.25) is 0 Å². The molecule has 0 radical (unpaired) electrons. The van der Waals surface area contributed by atoms with Gasteiger partial charge in [0.15, 0.2) is 0 Å². The Bertz CT molecular complexity index is 378. The average molecular weight is 255 g/mol. The molecule has 1 aromatic rings. The normalized spacial score (nSPS) is 15.9. The number of nitrogens with one attached hydrogen (secondary N) is 1. The summed E-state index contributed by atoms with van der Waals surface area (Å²) in [5.74, 6) is 0.148. The number of carbonyl (C=O) groups excluding carboxylic acids is 1. The van der Waals surface area contributed by atoms with Gasteiger partial charge in [-0.25, -0.2) is 0 Å². The van der Waals surface area contributed by atoms with Gasteiger partial charge in [0.2, 0.25) is 5.91 Å². The van der Waals surface area contributed by atoms with E-state index in [4.69, 9.17) is 0 Å². The molecule has 1 aliphatic rings. The zero-order chi connectivity index (χ0) is 10.1. The van der Waals surface area contributed by atoms with Crippen LogP contribution in [0.25, 0.3) is 0 Å². The van der Waals surface area contributed by atoms with E-state index in [0.29, 0.717) is 13.0 Å². The third kappa shape index (κ3) is 1.62. The van der Waals surface area contributed by atoms with E-state index in [2.05, 4.69) is 21.2 Å². The van der Waals surface area contributed by atoms with Crippen molar-refractivity contribution in [1.29, 1.82) is 0 Å². The van der Waals surface area contributed by atoms with Crippen molar-refractivity contribution in [2.24, 2.45) is 0 Å². The maximum Gasteiger partial charge on any atom is 0.228 e. The van der Waals surface area contributed by atoms with Gasteiger partial charge in [0.25, 0.3) is 0 Å². The van der Waals surface area contributed by atoms with Crippen molar-refractivity contribution < 1.29 is 4.79 Å². The van der Waals surface area contributed by atoms with Crippen LogP contribution in [0.15, 0.2) is 22.7 Å². The monoisotopic (exact) mass is 254 g/mol. The molecule has 1 aromatic carbocycles. The molecule has 0 aliphatic carbocycles. The number of hydrogen-bond acceptors (Lipinski definition) is 2. The quantitative estimate of drug-likeness (QED) is 0.771. The molecular weight excluding hydrogens is 244 g/mol. The molecule has 14 heavy (non-hydrogen) atoms. The number of fused-ring (bicyclic) bond motifs is 1. The van der Waals surface area contributed by atoms with Crippen molar-refractivity contribution in [3.8, 4) is 0 Å². The molecule has 1 N–H and O–H groups in total. The number of hydrogen-bond donors (Lipinski definition) is 1. The fourth-order valence-electron chi connectivity index (χ4n) is 1.54. The Hall–Kier alpha value is -1.03. The maximum absolute atomic E-state index is 11.6. The molecule has 0 spiro atoms. The van der Waals surface area contributed by atoms with Crippen LogP contribution in [0.5, 0.6) is 0 Å². The van der Waals surface area contributed by atoms with Crippen LogP contribution in [-0.2, 0) is 4.79 Å². The summed E-state index contributed by atoms with van der Waals surface area (Å²) in [4.78, 5) is 13.3. The van der Waals surface area contributed by atoms with Gasteiger partial charge in [0.1, 0.15) is 0 Å². The molecule has 0 fully saturated rings. The first-order valence-corrected chi connectivity index (χ1v) is 5.28. The summed E-state index contributed by atoms with van der Waals surface area (Å²) in [6, 6.07) is 5.90. The van der Waals surface area contributed by atoms with Crippen LogP contribution in [-0.4, -0.2) is 19.5 Å². The topological polar surface area (TPSA) is 32.3 Å². The summed E-state index contributed by atoms with van der Waals surface area (Å²) in [6.45, 7) is 0.706. The number of benzene rings is 1. The second kappa shape index (κ2) is 3.61. The number of nitrogens with zero attached hydrogens (tertiary/aromatic N) is 1. The number of halogens is 1. The van der Waals surface area contributed by atoms with Gasteiger partial charge in [-0.3, -0.25) is 4.79 Å². The van der Waals surface area contributed by atoms with E-state index in [-0.39, 0.29) is 5.91 Å². The highest BCUT2D eigenvalue weighted by Gasteiger charge is 2.18. The van der Waals surface area contributed by atoms with Crippen molar-refractivity contribution in [2.45, 2.75) is 6.42 Å². The molecule has 0 saturated carbocycles. The molecule has 2 rings (SSSR count). The number of amides is 1. The smallest absolute Gasteiger partial charge is 0.228 e. The Morgan fingerprint density at radius 3 is 3.07 bits per heavy atom. The molecular formula is C10H11BrN2O. The fourth-order valence-corrected chi connectivity index (χ4v) is 1.89. The Kier molecular flexibility index (Phi) is 2.46. The van der Waals surface area contributed by atoms with Gasteiger partial charge in [-0.1, -0.05) is 15.9 Å². The molecule has 3 nitrogen and oxygen atoms in total. The van der Waals surface area contributed by atoms with Gasteiger partial charge in [-0.05, 0) is 18.2 Å². The number of rotatable bonds is 0. The standard InChI is InChI=1S/C10H11BrN2O/c1-13-9-6-7(11)2-3-8(9)12-5-4-10(13)14/h2-3,6,12H,4-5H2,1H3. The molecule has 74 valence electrons. The van der Waals surface area contributed by atoms with Crippen molar-refractivity contribution in [2.75, 3.05) is 23.8 Å². The van der Waals surface area contributed by atoms with Crippen molar-refractivity contribution >= 4 is 33.2 Å². The van der Waals surface area contributed by atoms with Gasteiger partial charge in [0.05, 0.1) is 11.4 Å². The lowest BCUT2D eigenvalue weighted by molar-refractivity contribution is -0.118. The van der Waals surface area contributed by atoms with E-state index in [1.54, 1.807) is 11.9 Å². The average Bonchev–Trinajstić information content (AvgIpc) is 2.30. The molecule has 0 atom stereocenters. The lowest BCUT2D eigenvalue weighted by Crippen LogP contribution is -2.25. The van der Waals surface area contributed by atoms with Crippen LogP contribution < -0.4 is 10.2 Å². The second-order valence-corrected chi connectivity index (χ2v) is 4.21. The minimum Gasteiger partial charge on any atom is -0.383 e. The fraction of sp³-hybridized carbons (Fsp3) is 0.300. The first kappa shape index (κ1) is 9.52.